The van der Waals surface area contributed by atoms with Crippen LogP contribution in [0.15, 0.2) is 18.2 Å². The van der Waals surface area contributed by atoms with Gasteiger partial charge < -0.3 is 9.69 Å². The van der Waals surface area contributed by atoms with Crippen LogP contribution in [-0.4, -0.2) is 24.0 Å². The van der Waals surface area contributed by atoms with Crippen LogP contribution in [0.2, 0.25) is 5.02 Å². The Kier molecular flexibility index (Phi) is 3.48. The Morgan fingerprint density at radius 2 is 2.06 bits per heavy atom. The number of Topliss-reactive ketones (excluding diaryl/α,β-unsaturated/α-hetero) is 2. The van der Waals surface area contributed by atoms with Gasteiger partial charge in [-0.25, -0.2) is 0 Å². The predicted molar refractivity (Wildman–Crippen MR) is 68.1 cm³/mol. The molecule has 0 unspecified atom stereocenters. The van der Waals surface area contributed by atoms with E-state index in [0.29, 0.717) is 35.7 Å². The molecule has 0 spiro atoms. The van der Waals surface area contributed by atoms with Gasteiger partial charge in [0.25, 0.3) is 11.7 Å². The maximum atomic E-state index is 11.8. The third-order valence-corrected chi connectivity index (χ3v) is 3.08. The molecular weight excluding hydrogens is 254 g/mol. The minimum Gasteiger partial charge on any atom is -0.305 e. The molecule has 2 rings (SSSR count). The molecule has 1 heterocycles. The van der Waals surface area contributed by atoms with Gasteiger partial charge >= 0.3 is 0 Å². The first-order valence-electron chi connectivity index (χ1n) is 5.66. The SMILES string of the molecule is CC(=O)CCCN1C(=O)C(=O)c2ccc(Cl)cc21. The highest BCUT2D eigenvalue weighted by molar-refractivity contribution is 6.52. The van der Waals surface area contributed by atoms with Crippen molar-refractivity contribution in [2.24, 2.45) is 0 Å². The third-order valence-electron chi connectivity index (χ3n) is 2.85. The molecule has 0 fully saturated rings. The fourth-order valence-corrected chi connectivity index (χ4v) is 2.14. The van der Waals surface area contributed by atoms with Crippen LogP contribution in [0.25, 0.3) is 0 Å². The van der Waals surface area contributed by atoms with Gasteiger partial charge in [-0.2, -0.15) is 0 Å². The molecule has 1 amide bonds. The Morgan fingerprint density at radius 3 is 2.72 bits per heavy atom. The molecule has 5 heteroatoms. The van der Waals surface area contributed by atoms with Gasteiger partial charge in [-0.15, -0.1) is 0 Å². The molecule has 18 heavy (non-hydrogen) atoms. The number of fused-ring (bicyclic) bond motifs is 1. The summed E-state index contributed by atoms with van der Waals surface area (Å²) in [6.45, 7) is 1.86. The van der Waals surface area contributed by atoms with Gasteiger partial charge in [0.05, 0.1) is 11.3 Å². The van der Waals surface area contributed by atoms with E-state index in [1.165, 1.54) is 11.8 Å². The summed E-state index contributed by atoms with van der Waals surface area (Å²) >= 11 is 5.87. The number of benzene rings is 1. The Balaban J connectivity index is 2.22. The van der Waals surface area contributed by atoms with E-state index < -0.39 is 11.7 Å². The number of rotatable bonds is 4. The molecule has 0 N–H and O–H groups in total. The first-order valence-corrected chi connectivity index (χ1v) is 6.03. The van der Waals surface area contributed by atoms with Gasteiger partial charge in [0, 0.05) is 18.0 Å². The number of anilines is 1. The summed E-state index contributed by atoms with van der Waals surface area (Å²) in [6, 6.07) is 4.75. The summed E-state index contributed by atoms with van der Waals surface area (Å²) < 4.78 is 0. The summed E-state index contributed by atoms with van der Waals surface area (Å²) in [7, 11) is 0. The molecule has 1 aromatic carbocycles. The highest BCUT2D eigenvalue weighted by atomic mass is 35.5. The molecule has 0 bridgehead atoms. The topological polar surface area (TPSA) is 54.5 Å². The molecular formula is C13H12ClNO3. The summed E-state index contributed by atoms with van der Waals surface area (Å²) in [6.07, 6.45) is 0.939. The minimum absolute atomic E-state index is 0.0688. The Bertz CT molecular complexity index is 539. The fourth-order valence-electron chi connectivity index (χ4n) is 1.98. The summed E-state index contributed by atoms with van der Waals surface area (Å²) in [5.41, 5.74) is 0.924. The van der Waals surface area contributed by atoms with Crippen molar-refractivity contribution in [3.8, 4) is 0 Å². The van der Waals surface area contributed by atoms with E-state index in [0.717, 1.165) is 0 Å². The average molecular weight is 266 g/mol. The van der Waals surface area contributed by atoms with E-state index in [1.807, 2.05) is 0 Å². The fraction of sp³-hybridized carbons (Fsp3) is 0.308. The Morgan fingerprint density at radius 1 is 1.33 bits per heavy atom. The van der Waals surface area contributed by atoms with Gasteiger partial charge in [0.1, 0.15) is 5.78 Å². The Hall–Kier alpha value is -1.68. The van der Waals surface area contributed by atoms with Crippen LogP contribution in [0.3, 0.4) is 0 Å². The average Bonchev–Trinajstić information content (AvgIpc) is 2.53. The number of carbonyl (C=O) groups excluding carboxylic acids is 3. The van der Waals surface area contributed by atoms with E-state index >= 15 is 0 Å². The quantitative estimate of drug-likeness (QED) is 0.785. The lowest BCUT2D eigenvalue weighted by molar-refractivity contribution is -0.117. The molecule has 1 aliphatic heterocycles. The molecule has 0 aromatic heterocycles. The highest BCUT2D eigenvalue weighted by Gasteiger charge is 2.35. The number of halogens is 1. The van der Waals surface area contributed by atoms with E-state index in [9.17, 15) is 14.4 Å². The van der Waals surface area contributed by atoms with Crippen molar-refractivity contribution in [1.82, 2.24) is 0 Å². The molecule has 0 radical (unpaired) electrons. The molecule has 0 saturated carbocycles. The van der Waals surface area contributed by atoms with Crippen LogP contribution in [0.1, 0.15) is 30.1 Å². The van der Waals surface area contributed by atoms with Gasteiger partial charge in [-0.3, -0.25) is 9.59 Å². The van der Waals surface area contributed by atoms with E-state index in [-0.39, 0.29) is 5.78 Å². The van der Waals surface area contributed by atoms with Crippen molar-refractivity contribution in [2.45, 2.75) is 19.8 Å². The maximum Gasteiger partial charge on any atom is 0.299 e. The molecule has 0 aliphatic carbocycles. The predicted octanol–water partition coefficient (Wildman–Crippen LogP) is 2.24. The van der Waals surface area contributed by atoms with Gasteiger partial charge in [-0.1, -0.05) is 11.6 Å². The second kappa shape index (κ2) is 4.90. The first kappa shape index (κ1) is 12.8. The van der Waals surface area contributed by atoms with E-state index in [2.05, 4.69) is 0 Å². The zero-order valence-corrected chi connectivity index (χ0v) is 10.7. The van der Waals surface area contributed by atoms with Crippen LogP contribution < -0.4 is 4.90 Å². The van der Waals surface area contributed by atoms with Crippen LogP contribution >= 0.6 is 11.6 Å². The number of hydrogen-bond acceptors (Lipinski definition) is 3. The maximum absolute atomic E-state index is 11.8. The summed E-state index contributed by atoms with van der Waals surface area (Å²) in [5, 5.41) is 0.479. The van der Waals surface area contributed by atoms with Gasteiger partial charge in [0.15, 0.2) is 0 Å². The van der Waals surface area contributed by atoms with Crippen LogP contribution in [0, 0.1) is 0 Å². The molecule has 4 nitrogen and oxygen atoms in total. The largest absolute Gasteiger partial charge is 0.305 e. The number of amides is 1. The number of ketones is 2. The highest BCUT2D eigenvalue weighted by Crippen LogP contribution is 2.31. The van der Waals surface area contributed by atoms with Crippen molar-refractivity contribution >= 4 is 34.8 Å². The summed E-state index contributed by atoms with van der Waals surface area (Å²) in [4.78, 5) is 35.8. The third kappa shape index (κ3) is 2.29. The lowest BCUT2D eigenvalue weighted by Gasteiger charge is -2.15. The Labute approximate surface area is 110 Å². The van der Waals surface area contributed by atoms with Crippen molar-refractivity contribution in [2.75, 3.05) is 11.4 Å². The van der Waals surface area contributed by atoms with Crippen molar-refractivity contribution in [3.05, 3.63) is 28.8 Å². The van der Waals surface area contributed by atoms with Crippen molar-refractivity contribution in [1.29, 1.82) is 0 Å². The second-order valence-electron chi connectivity index (χ2n) is 4.25. The van der Waals surface area contributed by atoms with Gasteiger partial charge in [0.2, 0.25) is 0 Å². The van der Waals surface area contributed by atoms with Crippen molar-refractivity contribution < 1.29 is 14.4 Å². The number of nitrogens with zero attached hydrogens (tertiary/aromatic N) is 1. The molecule has 1 aliphatic rings. The standard InChI is InChI=1S/C13H12ClNO3/c1-8(16)3-2-6-15-11-7-9(14)4-5-10(11)12(17)13(15)18/h4-5,7H,2-3,6H2,1H3. The van der Waals surface area contributed by atoms with E-state index in [1.54, 1.807) is 18.2 Å². The lowest BCUT2D eigenvalue weighted by atomic mass is 10.1. The van der Waals surface area contributed by atoms with Crippen LogP contribution in [-0.2, 0) is 9.59 Å². The summed E-state index contributed by atoms with van der Waals surface area (Å²) in [5.74, 6) is -0.986. The monoisotopic (exact) mass is 265 g/mol. The van der Waals surface area contributed by atoms with E-state index in [4.69, 9.17) is 11.6 Å². The number of carbonyl (C=O) groups is 3. The lowest BCUT2D eigenvalue weighted by Crippen LogP contribution is -2.30. The normalized spacial score (nSPS) is 14.0. The smallest absolute Gasteiger partial charge is 0.299 e. The van der Waals surface area contributed by atoms with Crippen molar-refractivity contribution in [3.63, 3.8) is 0 Å². The minimum atomic E-state index is -0.546. The second-order valence-corrected chi connectivity index (χ2v) is 4.69. The molecule has 94 valence electrons. The van der Waals surface area contributed by atoms with Crippen LogP contribution in [0.4, 0.5) is 5.69 Å². The molecule has 0 saturated heterocycles. The van der Waals surface area contributed by atoms with Gasteiger partial charge in [-0.05, 0) is 31.5 Å². The van der Waals surface area contributed by atoms with Crippen LogP contribution in [0.5, 0.6) is 0 Å². The number of hydrogen-bond donors (Lipinski definition) is 0. The zero-order chi connectivity index (χ0) is 13.3. The zero-order valence-electron chi connectivity index (χ0n) is 9.90. The first-order chi connectivity index (χ1) is 8.50. The molecule has 1 aromatic rings. The molecule has 0 atom stereocenters.